The summed E-state index contributed by atoms with van der Waals surface area (Å²) in [6.07, 6.45) is 0.213. The molecule has 0 radical (unpaired) electrons. The van der Waals surface area contributed by atoms with Gasteiger partial charge in [-0.25, -0.2) is 0 Å². The molecule has 0 aliphatic rings. The molecule has 3 N–H and O–H groups in total. The fraction of sp³-hybridized carbons (Fsp3) is 0.235. The second-order valence-corrected chi connectivity index (χ2v) is 5.11. The Kier molecular flexibility index (Phi) is 5.65. The SMILES string of the molecule is N[C@@H](CC(=O)O)c1cccc(Cc2ccccc2OC(F)F)c1. The van der Waals surface area contributed by atoms with Crippen molar-refractivity contribution in [1.29, 1.82) is 0 Å². The Labute approximate surface area is 132 Å². The summed E-state index contributed by atoms with van der Waals surface area (Å²) >= 11 is 0. The largest absolute Gasteiger partial charge is 0.481 e. The Balaban J connectivity index is 2.19. The van der Waals surface area contributed by atoms with E-state index in [-0.39, 0.29) is 12.2 Å². The van der Waals surface area contributed by atoms with Crippen LogP contribution in [-0.2, 0) is 11.2 Å². The van der Waals surface area contributed by atoms with Crippen LogP contribution in [0.15, 0.2) is 48.5 Å². The number of rotatable bonds is 7. The number of para-hydroxylation sites is 1. The van der Waals surface area contributed by atoms with Gasteiger partial charge in [-0.1, -0.05) is 42.5 Å². The van der Waals surface area contributed by atoms with E-state index in [1.165, 1.54) is 6.07 Å². The molecule has 0 unspecified atom stereocenters. The standard InChI is InChI=1S/C17H17F2NO3/c18-17(19)23-15-7-2-1-5-13(15)9-11-4-3-6-12(8-11)14(20)10-16(21)22/h1-8,14,17H,9-10,20H2,(H,21,22)/t14-/m0/s1. The monoisotopic (exact) mass is 321 g/mol. The molecule has 0 aliphatic carbocycles. The van der Waals surface area contributed by atoms with Crippen molar-refractivity contribution in [3.8, 4) is 5.75 Å². The van der Waals surface area contributed by atoms with Crippen molar-refractivity contribution in [2.45, 2.75) is 25.5 Å². The zero-order chi connectivity index (χ0) is 16.8. The molecule has 2 rings (SSSR count). The molecule has 4 nitrogen and oxygen atoms in total. The highest BCUT2D eigenvalue weighted by molar-refractivity contribution is 5.67. The van der Waals surface area contributed by atoms with Gasteiger partial charge in [0.05, 0.1) is 6.42 Å². The van der Waals surface area contributed by atoms with Gasteiger partial charge in [0.15, 0.2) is 0 Å². The van der Waals surface area contributed by atoms with E-state index < -0.39 is 18.6 Å². The van der Waals surface area contributed by atoms with Crippen molar-refractivity contribution in [3.63, 3.8) is 0 Å². The first-order valence-electron chi connectivity index (χ1n) is 7.04. The quantitative estimate of drug-likeness (QED) is 0.820. The lowest BCUT2D eigenvalue weighted by molar-refractivity contribution is -0.137. The molecular formula is C17H17F2NO3. The van der Waals surface area contributed by atoms with Gasteiger partial charge < -0.3 is 15.6 Å². The van der Waals surface area contributed by atoms with Crippen LogP contribution in [0.4, 0.5) is 8.78 Å². The van der Waals surface area contributed by atoms with Gasteiger partial charge >= 0.3 is 12.6 Å². The Bertz CT molecular complexity index is 676. The van der Waals surface area contributed by atoms with Crippen LogP contribution in [0.1, 0.15) is 29.2 Å². The third-order valence-electron chi connectivity index (χ3n) is 3.36. The number of aliphatic carboxylic acids is 1. The number of carboxylic acids is 1. The Morgan fingerprint density at radius 2 is 1.91 bits per heavy atom. The van der Waals surface area contributed by atoms with Crippen molar-refractivity contribution < 1.29 is 23.4 Å². The summed E-state index contributed by atoms with van der Waals surface area (Å²) in [6.45, 7) is -2.88. The maximum atomic E-state index is 12.4. The fourth-order valence-corrected chi connectivity index (χ4v) is 2.32. The number of carbonyl (C=O) groups is 1. The van der Waals surface area contributed by atoms with E-state index in [2.05, 4.69) is 4.74 Å². The minimum atomic E-state index is -2.88. The van der Waals surface area contributed by atoms with Crippen LogP contribution in [0.25, 0.3) is 0 Å². The highest BCUT2D eigenvalue weighted by Gasteiger charge is 2.13. The molecule has 0 aromatic heterocycles. The van der Waals surface area contributed by atoms with Crippen LogP contribution in [0.2, 0.25) is 0 Å². The second-order valence-electron chi connectivity index (χ2n) is 5.11. The van der Waals surface area contributed by atoms with Crippen molar-refractivity contribution >= 4 is 5.97 Å². The van der Waals surface area contributed by atoms with Gasteiger partial charge in [-0.05, 0) is 22.8 Å². The van der Waals surface area contributed by atoms with Crippen molar-refractivity contribution in [1.82, 2.24) is 0 Å². The molecule has 0 spiro atoms. The maximum Gasteiger partial charge on any atom is 0.387 e. The minimum Gasteiger partial charge on any atom is -0.481 e. The topological polar surface area (TPSA) is 72.6 Å². The summed E-state index contributed by atoms with van der Waals surface area (Å²) in [5.74, 6) is -0.846. The molecule has 2 aromatic rings. The van der Waals surface area contributed by atoms with Gasteiger partial charge in [-0.2, -0.15) is 8.78 Å². The molecule has 0 fully saturated rings. The van der Waals surface area contributed by atoms with E-state index >= 15 is 0 Å². The molecule has 0 amide bonds. The maximum absolute atomic E-state index is 12.4. The van der Waals surface area contributed by atoms with Gasteiger partial charge in [0.2, 0.25) is 0 Å². The lowest BCUT2D eigenvalue weighted by Gasteiger charge is -2.13. The molecular weight excluding hydrogens is 304 g/mol. The molecule has 6 heteroatoms. The smallest absolute Gasteiger partial charge is 0.387 e. The number of carboxylic acid groups (broad SMARTS) is 1. The zero-order valence-electron chi connectivity index (χ0n) is 12.3. The molecule has 0 saturated heterocycles. The third kappa shape index (κ3) is 5.03. The summed E-state index contributed by atoms with van der Waals surface area (Å²) in [4.78, 5) is 10.7. The third-order valence-corrected chi connectivity index (χ3v) is 3.36. The number of halogens is 2. The molecule has 2 aromatic carbocycles. The lowest BCUT2D eigenvalue weighted by Crippen LogP contribution is -2.15. The van der Waals surface area contributed by atoms with E-state index in [4.69, 9.17) is 10.8 Å². The van der Waals surface area contributed by atoms with E-state index in [0.717, 1.165) is 5.56 Å². The van der Waals surface area contributed by atoms with E-state index in [9.17, 15) is 13.6 Å². The van der Waals surface area contributed by atoms with Gasteiger partial charge in [0, 0.05) is 12.5 Å². The average molecular weight is 321 g/mol. The predicted molar refractivity (Wildman–Crippen MR) is 81.5 cm³/mol. The Hall–Kier alpha value is -2.47. The molecule has 0 bridgehead atoms. The molecule has 0 heterocycles. The Morgan fingerprint density at radius 3 is 2.61 bits per heavy atom. The second kappa shape index (κ2) is 7.69. The van der Waals surface area contributed by atoms with Crippen LogP contribution in [0.5, 0.6) is 5.75 Å². The minimum absolute atomic E-state index is 0.128. The van der Waals surface area contributed by atoms with Crippen LogP contribution in [0, 0.1) is 0 Å². The summed E-state index contributed by atoms with van der Waals surface area (Å²) in [7, 11) is 0. The van der Waals surface area contributed by atoms with E-state index in [0.29, 0.717) is 17.5 Å². The van der Waals surface area contributed by atoms with Crippen LogP contribution in [0.3, 0.4) is 0 Å². The Morgan fingerprint density at radius 1 is 1.17 bits per heavy atom. The van der Waals surface area contributed by atoms with E-state index in [1.807, 2.05) is 6.07 Å². The first-order valence-corrected chi connectivity index (χ1v) is 7.04. The predicted octanol–water partition coefficient (Wildman–Crippen LogP) is 3.35. The number of hydrogen-bond donors (Lipinski definition) is 2. The van der Waals surface area contributed by atoms with Gasteiger partial charge in [-0.15, -0.1) is 0 Å². The normalized spacial score (nSPS) is 12.2. The number of benzene rings is 2. The highest BCUT2D eigenvalue weighted by atomic mass is 19.3. The lowest BCUT2D eigenvalue weighted by atomic mass is 9.98. The zero-order valence-corrected chi connectivity index (χ0v) is 12.3. The first-order chi connectivity index (χ1) is 11.0. The van der Waals surface area contributed by atoms with E-state index in [1.54, 1.807) is 36.4 Å². The number of ether oxygens (including phenoxy) is 1. The molecule has 1 atom stereocenters. The molecule has 0 aliphatic heterocycles. The van der Waals surface area contributed by atoms with Crippen LogP contribution < -0.4 is 10.5 Å². The summed E-state index contributed by atoms with van der Waals surface area (Å²) < 4.78 is 29.4. The summed E-state index contributed by atoms with van der Waals surface area (Å²) in [5, 5.41) is 8.80. The van der Waals surface area contributed by atoms with Gasteiger partial charge in [0.25, 0.3) is 0 Å². The van der Waals surface area contributed by atoms with Crippen molar-refractivity contribution in [2.75, 3.05) is 0 Å². The number of alkyl halides is 2. The van der Waals surface area contributed by atoms with Crippen molar-refractivity contribution in [2.24, 2.45) is 5.73 Å². The van der Waals surface area contributed by atoms with Crippen molar-refractivity contribution in [3.05, 3.63) is 65.2 Å². The number of hydrogen-bond acceptors (Lipinski definition) is 3. The first kappa shape index (κ1) is 16.9. The number of nitrogens with two attached hydrogens (primary N) is 1. The summed E-state index contributed by atoms with van der Waals surface area (Å²) in [6, 6.07) is 13.1. The van der Waals surface area contributed by atoms with Crippen LogP contribution >= 0.6 is 0 Å². The van der Waals surface area contributed by atoms with Gasteiger partial charge in [0.1, 0.15) is 5.75 Å². The van der Waals surface area contributed by atoms with Crippen LogP contribution in [-0.4, -0.2) is 17.7 Å². The van der Waals surface area contributed by atoms with Gasteiger partial charge in [-0.3, -0.25) is 4.79 Å². The average Bonchev–Trinajstić information content (AvgIpc) is 2.48. The molecule has 122 valence electrons. The summed E-state index contributed by atoms with van der Waals surface area (Å²) in [5.41, 5.74) is 8.00. The fourth-order valence-electron chi connectivity index (χ4n) is 2.32. The highest BCUT2D eigenvalue weighted by Crippen LogP contribution is 2.24. The molecule has 0 saturated carbocycles. The molecule has 23 heavy (non-hydrogen) atoms.